The predicted octanol–water partition coefficient (Wildman–Crippen LogP) is 2.06. The van der Waals surface area contributed by atoms with Gasteiger partial charge in [-0.1, -0.05) is 12.1 Å². The Kier molecular flexibility index (Phi) is 4.05. The quantitative estimate of drug-likeness (QED) is 0.746. The number of fused-ring (bicyclic) bond motifs is 1. The molecule has 2 heterocycles. The monoisotopic (exact) mass is 336 g/mol. The number of aryl methyl sites for hydroxylation is 4. The van der Waals surface area contributed by atoms with E-state index in [1.165, 1.54) is 0 Å². The molecule has 1 aromatic carbocycles. The average Bonchev–Trinajstić information content (AvgIpc) is 3.30. The highest BCUT2D eigenvalue weighted by atomic mass is 16.1. The molecule has 1 aliphatic carbocycles. The molecule has 2 N–H and O–H groups in total. The van der Waals surface area contributed by atoms with Crippen molar-refractivity contribution in [2.75, 3.05) is 5.32 Å². The van der Waals surface area contributed by atoms with E-state index in [2.05, 4.69) is 31.8 Å². The zero-order valence-electron chi connectivity index (χ0n) is 14.1. The van der Waals surface area contributed by atoms with Gasteiger partial charge in [-0.25, -0.2) is 0 Å². The standard InChI is InChI=1S/C18H20N6O/c1-24-11-19-22-16(24)9-8-12-4-2-5-13(10-12)20-18(25)17-14-6-3-7-15(14)21-23-17/h2,4-5,10-11H,3,6-9H2,1H3,(H,20,25)(H,21,23). The van der Waals surface area contributed by atoms with Gasteiger partial charge >= 0.3 is 0 Å². The SMILES string of the molecule is Cn1cnnc1CCc1cccc(NC(=O)c2n[nH]c3c2CCC3)c1. The number of carbonyl (C=O) groups excluding carboxylic acids is 1. The average molecular weight is 336 g/mol. The maximum atomic E-state index is 12.5. The lowest BCUT2D eigenvalue weighted by Crippen LogP contribution is -2.14. The van der Waals surface area contributed by atoms with Crippen LogP contribution in [0.15, 0.2) is 30.6 Å². The lowest BCUT2D eigenvalue weighted by molar-refractivity contribution is 0.102. The topological polar surface area (TPSA) is 88.5 Å². The van der Waals surface area contributed by atoms with Crippen LogP contribution in [0.2, 0.25) is 0 Å². The largest absolute Gasteiger partial charge is 0.321 e. The summed E-state index contributed by atoms with van der Waals surface area (Å²) in [5.41, 5.74) is 4.62. The van der Waals surface area contributed by atoms with E-state index in [1.807, 2.05) is 29.8 Å². The third kappa shape index (κ3) is 3.17. The molecule has 0 atom stereocenters. The molecule has 0 radical (unpaired) electrons. The van der Waals surface area contributed by atoms with Gasteiger partial charge in [0.25, 0.3) is 5.91 Å². The molecule has 0 unspecified atom stereocenters. The molecular weight excluding hydrogens is 316 g/mol. The van der Waals surface area contributed by atoms with Gasteiger partial charge < -0.3 is 9.88 Å². The molecule has 1 aliphatic rings. The van der Waals surface area contributed by atoms with Crippen LogP contribution in [-0.4, -0.2) is 30.9 Å². The van der Waals surface area contributed by atoms with Gasteiger partial charge in [0.2, 0.25) is 0 Å². The Morgan fingerprint density at radius 1 is 1.32 bits per heavy atom. The minimum Gasteiger partial charge on any atom is -0.321 e. The fraction of sp³-hybridized carbons (Fsp3) is 0.333. The molecule has 0 aliphatic heterocycles. The van der Waals surface area contributed by atoms with Crippen molar-refractivity contribution < 1.29 is 4.79 Å². The van der Waals surface area contributed by atoms with E-state index in [0.29, 0.717) is 5.69 Å². The van der Waals surface area contributed by atoms with Crippen molar-refractivity contribution in [2.24, 2.45) is 7.05 Å². The summed E-state index contributed by atoms with van der Waals surface area (Å²) in [6.07, 6.45) is 6.34. The van der Waals surface area contributed by atoms with E-state index in [0.717, 1.165) is 60.4 Å². The number of hydrogen-bond donors (Lipinski definition) is 2. The third-order valence-corrected chi connectivity index (χ3v) is 4.65. The van der Waals surface area contributed by atoms with E-state index in [9.17, 15) is 4.79 Å². The molecule has 7 heteroatoms. The lowest BCUT2D eigenvalue weighted by atomic mass is 10.1. The van der Waals surface area contributed by atoms with Crippen molar-refractivity contribution >= 4 is 11.6 Å². The highest BCUT2D eigenvalue weighted by Gasteiger charge is 2.23. The highest BCUT2D eigenvalue weighted by molar-refractivity contribution is 6.04. The normalized spacial score (nSPS) is 13.0. The summed E-state index contributed by atoms with van der Waals surface area (Å²) in [6, 6.07) is 7.91. The molecule has 7 nitrogen and oxygen atoms in total. The number of aromatic amines is 1. The van der Waals surface area contributed by atoms with Crippen molar-refractivity contribution in [3.8, 4) is 0 Å². The van der Waals surface area contributed by atoms with Crippen LogP contribution in [0.1, 0.15) is 39.6 Å². The van der Waals surface area contributed by atoms with Crippen LogP contribution >= 0.6 is 0 Å². The van der Waals surface area contributed by atoms with E-state index >= 15 is 0 Å². The smallest absolute Gasteiger partial charge is 0.276 e. The maximum absolute atomic E-state index is 12.5. The molecule has 0 fully saturated rings. The number of H-pyrrole nitrogens is 1. The van der Waals surface area contributed by atoms with E-state index in [4.69, 9.17) is 0 Å². The Morgan fingerprint density at radius 3 is 3.08 bits per heavy atom. The first-order valence-corrected chi connectivity index (χ1v) is 8.50. The van der Waals surface area contributed by atoms with Gasteiger partial charge in [0.1, 0.15) is 12.2 Å². The lowest BCUT2D eigenvalue weighted by Gasteiger charge is -2.07. The van der Waals surface area contributed by atoms with Crippen LogP contribution in [0.25, 0.3) is 0 Å². The number of rotatable bonds is 5. The van der Waals surface area contributed by atoms with Crippen LogP contribution in [-0.2, 0) is 32.7 Å². The number of carbonyl (C=O) groups is 1. The molecule has 1 amide bonds. The number of anilines is 1. The van der Waals surface area contributed by atoms with E-state index in [1.54, 1.807) is 6.33 Å². The maximum Gasteiger partial charge on any atom is 0.276 e. The molecular formula is C18H20N6O. The van der Waals surface area contributed by atoms with Crippen molar-refractivity contribution in [2.45, 2.75) is 32.1 Å². The second kappa shape index (κ2) is 6.51. The number of amides is 1. The summed E-state index contributed by atoms with van der Waals surface area (Å²) < 4.78 is 1.92. The van der Waals surface area contributed by atoms with Gasteiger partial charge in [0.05, 0.1) is 0 Å². The second-order valence-corrected chi connectivity index (χ2v) is 6.40. The van der Waals surface area contributed by atoms with E-state index in [-0.39, 0.29) is 5.91 Å². The highest BCUT2D eigenvalue weighted by Crippen LogP contribution is 2.23. The van der Waals surface area contributed by atoms with Crippen LogP contribution in [0.3, 0.4) is 0 Å². The van der Waals surface area contributed by atoms with Crippen LogP contribution in [0.4, 0.5) is 5.69 Å². The van der Waals surface area contributed by atoms with Crippen LogP contribution in [0, 0.1) is 0 Å². The number of nitrogens with zero attached hydrogens (tertiary/aromatic N) is 4. The van der Waals surface area contributed by atoms with Crippen molar-refractivity contribution in [1.29, 1.82) is 0 Å². The number of aromatic nitrogens is 5. The Labute approximate surface area is 145 Å². The fourth-order valence-corrected chi connectivity index (χ4v) is 3.29. The van der Waals surface area contributed by atoms with Crippen molar-refractivity contribution in [1.82, 2.24) is 25.0 Å². The van der Waals surface area contributed by atoms with Crippen molar-refractivity contribution in [3.05, 3.63) is 58.9 Å². The van der Waals surface area contributed by atoms with Crippen LogP contribution < -0.4 is 5.32 Å². The summed E-state index contributed by atoms with van der Waals surface area (Å²) in [7, 11) is 1.94. The van der Waals surface area contributed by atoms with Crippen LogP contribution in [0.5, 0.6) is 0 Å². The molecule has 3 aromatic rings. The van der Waals surface area contributed by atoms with Gasteiger partial charge in [-0.15, -0.1) is 10.2 Å². The second-order valence-electron chi connectivity index (χ2n) is 6.40. The zero-order valence-corrected chi connectivity index (χ0v) is 14.1. The van der Waals surface area contributed by atoms with Gasteiger partial charge in [-0.05, 0) is 43.4 Å². The number of benzene rings is 1. The minimum atomic E-state index is -0.148. The Morgan fingerprint density at radius 2 is 2.24 bits per heavy atom. The number of hydrogen-bond acceptors (Lipinski definition) is 4. The summed E-state index contributed by atoms with van der Waals surface area (Å²) in [5, 5.41) is 18.1. The van der Waals surface area contributed by atoms with Gasteiger partial charge in [0, 0.05) is 30.4 Å². The third-order valence-electron chi connectivity index (χ3n) is 4.65. The summed E-state index contributed by atoms with van der Waals surface area (Å²) in [5.74, 6) is 0.798. The first-order chi connectivity index (χ1) is 12.2. The molecule has 2 aromatic heterocycles. The number of nitrogens with one attached hydrogen (secondary N) is 2. The zero-order chi connectivity index (χ0) is 17.2. The van der Waals surface area contributed by atoms with Gasteiger partial charge in [0.15, 0.2) is 5.69 Å². The fourth-order valence-electron chi connectivity index (χ4n) is 3.29. The molecule has 25 heavy (non-hydrogen) atoms. The molecule has 0 bridgehead atoms. The summed E-state index contributed by atoms with van der Waals surface area (Å²) >= 11 is 0. The molecule has 128 valence electrons. The Bertz CT molecular complexity index is 910. The molecule has 4 rings (SSSR count). The van der Waals surface area contributed by atoms with Gasteiger partial charge in [-0.3, -0.25) is 9.89 Å². The first kappa shape index (κ1) is 15.6. The molecule has 0 saturated carbocycles. The van der Waals surface area contributed by atoms with Gasteiger partial charge in [-0.2, -0.15) is 5.10 Å². The predicted molar refractivity (Wildman–Crippen MR) is 93.4 cm³/mol. The molecule has 0 saturated heterocycles. The first-order valence-electron chi connectivity index (χ1n) is 8.50. The van der Waals surface area contributed by atoms with Crippen molar-refractivity contribution in [3.63, 3.8) is 0 Å². The molecule has 0 spiro atoms. The minimum absolute atomic E-state index is 0.148. The summed E-state index contributed by atoms with van der Waals surface area (Å²) in [6.45, 7) is 0. The Balaban J connectivity index is 1.44. The summed E-state index contributed by atoms with van der Waals surface area (Å²) in [4.78, 5) is 12.5. The Hall–Kier alpha value is -2.96. The van der Waals surface area contributed by atoms with E-state index < -0.39 is 0 Å².